The van der Waals surface area contributed by atoms with Crippen LogP contribution in [0.5, 0.6) is 0 Å². The van der Waals surface area contributed by atoms with Crippen LogP contribution in [-0.2, 0) is 7.05 Å². The number of aryl methyl sites for hydroxylation is 1. The van der Waals surface area contributed by atoms with Crippen molar-refractivity contribution in [1.29, 1.82) is 0 Å². The van der Waals surface area contributed by atoms with E-state index in [0.29, 0.717) is 4.57 Å². The number of hydrogen-bond acceptors (Lipinski definition) is 3. The molecule has 0 aliphatic heterocycles. The number of nitrogens with zero attached hydrogens (tertiary/aromatic N) is 5. The number of nitrogens with one attached hydrogen (secondary N) is 1. The molecule has 15 heavy (non-hydrogen) atoms. The summed E-state index contributed by atoms with van der Waals surface area (Å²) in [6, 6.07) is 0. The summed E-state index contributed by atoms with van der Waals surface area (Å²) in [5.74, 6) is 0. The summed E-state index contributed by atoms with van der Waals surface area (Å²) < 4.78 is 1.86. The fourth-order valence-electron chi connectivity index (χ4n) is 1.31. The van der Waals surface area contributed by atoms with Crippen molar-refractivity contribution in [3.63, 3.8) is 0 Å². The highest BCUT2D eigenvalue weighted by molar-refractivity contribution is 5.70. The van der Waals surface area contributed by atoms with E-state index in [1.807, 2.05) is 0 Å². The highest BCUT2D eigenvalue weighted by atomic mass is 16.2. The van der Waals surface area contributed by atoms with Gasteiger partial charge in [0.15, 0.2) is 11.2 Å². The molecule has 0 bridgehead atoms. The van der Waals surface area contributed by atoms with Crippen molar-refractivity contribution >= 4 is 17.5 Å². The first-order valence-corrected chi connectivity index (χ1v) is 3.99. The van der Waals surface area contributed by atoms with E-state index in [1.165, 1.54) is 17.9 Å². The molecular weight excluding hydrogens is 200 g/mol. The second-order valence-electron chi connectivity index (χ2n) is 2.85. The first kappa shape index (κ1) is 9.10. The van der Waals surface area contributed by atoms with Crippen LogP contribution in [0.3, 0.4) is 0 Å². The molecule has 2 aromatic rings. The van der Waals surface area contributed by atoms with Gasteiger partial charge in [0, 0.05) is 7.05 Å². The third kappa shape index (κ3) is 1.12. The summed E-state index contributed by atoms with van der Waals surface area (Å²) in [5.41, 5.74) is 7.52. The van der Waals surface area contributed by atoms with Gasteiger partial charge in [0.2, 0.25) is 0 Å². The van der Waals surface area contributed by atoms with Crippen LogP contribution in [-0.4, -0.2) is 30.2 Å². The van der Waals surface area contributed by atoms with Crippen molar-refractivity contribution in [2.45, 2.75) is 0 Å². The van der Waals surface area contributed by atoms with Gasteiger partial charge in [0.25, 0.3) is 0 Å². The summed E-state index contributed by atoms with van der Waals surface area (Å²) in [6.45, 7) is 0. The van der Waals surface area contributed by atoms with Crippen LogP contribution in [0.2, 0.25) is 0 Å². The maximum Gasteiger partial charge on any atom is 0.425 e. The zero-order chi connectivity index (χ0) is 11.0. The van der Waals surface area contributed by atoms with Crippen molar-refractivity contribution in [3.05, 3.63) is 32.7 Å². The van der Waals surface area contributed by atoms with E-state index < -0.39 is 11.2 Å². The van der Waals surface area contributed by atoms with Gasteiger partial charge >= 0.3 is 17.6 Å². The van der Waals surface area contributed by atoms with E-state index in [2.05, 4.69) is 14.8 Å². The minimum atomic E-state index is -0.627. The van der Waals surface area contributed by atoms with Gasteiger partial charge in [0.1, 0.15) is 0 Å². The minimum absolute atomic E-state index is 0.178. The number of aromatic amines is 1. The molecule has 8 nitrogen and oxygen atoms in total. The van der Waals surface area contributed by atoms with E-state index in [4.69, 9.17) is 5.53 Å². The number of H-pyrrole nitrogens is 1. The minimum Gasteiger partial charge on any atom is -0.498 e. The Balaban J connectivity index is 3.12. The lowest BCUT2D eigenvalue weighted by atomic mass is 10.5. The predicted octanol–water partition coefficient (Wildman–Crippen LogP) is -1.47. The Labute approximate surface area is 82.0 Å². The van der Waals surface area contributed by atoms with Gasteiger partial charge < -0.3 is 15.3 Å². The number of aromatic nitrogens is 4. The molecule has 0 saturated carbocycles. The molecule has 1 N–H and O–H groups in total. The first-order chi connectivity index (χ1) is 7.16. The molecule has 2 heterocycles. The van der Waals surface area contributed by atoms with Crippen LogP contribution in [0.4, 0.5) is 0 Å². The molecule has 8 heteroatoms. The molecule has 0 amide bonds. The molecule has 0 aromatic carbocycles. The molecular formula is C7H6N6O2. The van der Waals surface area contributed by atoms with Crippen LogP contribution in [0.1, 0.15) is 0 Å². The topological polar surface area (TPSA) is 109 Å². The molecule has 0 aliphatic carbocycles. The number of fused-ring (bicyclic) bond motifs is 1. The van der Waals surface area contributed by atoms with E-state index in [-0.39, 0.29) is 11.2 Å². The zero-order valence-electron chi connectivity index (χ0n) is 7.71. The zero-order valence-corrected chi connectivity index (χ0v) is 7.71. The van der Waals surface area contributed by atoms with Crippen molar-refractivity contribution in [3.8, 4) is 0 Å². The normalized spacial score (nSPS) is 10.2. The summed E-state index contributed by atoms with van der Waals surface area (Å²) >= 11 is 0. The number of rotatable bonds is 1. The molecule has 2 rings (SSSR count). The molecule has 0 aliphatic rings. The summed E-state index contributed by atoms with van der Waals surface area (Å²) in [5, 5.41) is 0. The third-order valence-corrected chi connectivity index (χ3v) is 2.03. The Morgan fingerprint density at radius 3 is 3.00 bits per heavy atom. The molecule has 2 aromatic heterocycles. The maximum atomic E-state index is 11.6. The van der Waals surface area contributed by atoms with Gasteiger partial charge in [-0.2, -0.15) is 0 Å². The molecule has 0 fully saturated rings. The smallest absolute Gasteiger partial charge is 0.425 e. The number of hydrogen-bond donors (Lipinski definition) is 1. The van der Waals surface area contributed by atoms with Gasteiger partial charge in [-0.15, -0.1) is 0 Å². The molecule has 0 atom stereocenters. The fourth-order valence-corrected chi connectivity index (χ4v) is 1.31. The average molecular weight is 206 g/mol. The Morgan fingerprint density at radius 1 is 1.60 bits per heavy atom. The molecule has 0 saturated heterocycles. The van der Waals surface area contributed by atoms with Gasteiger partial charge in [-0.05, 0) is 0 Å². The molecule has 76 valence electrons. The van der Waals surface area contributed by atoms with Crippen molar-refractivity contribution in [1.82, 2.24) is 19.1 Å². The van der Waals surface area contributed by atoms with Crippen LogP contribution >= 0.6 is 0 Å². The SMILES string of the molecule is Cn1c(=O)n(C=[N+]=[N-])c(=O)c2[nH]cnc21. The van der Waals surface area contributed by atoms with Gasteiger partial charge in [-0.1, -0.05) is 4.57 Å². The van der Waals surface area contributed by atoms with E-state index >= 15 is 0 Å². The third-order valence-electron chi connectivity index (χ3n) is 2.03. The summed E-state index contributed by atoms with van der Waals surface area (Å²) in [7, 11) is 1.46. The molecule has 0 unspecified atom stereocenters. The van der Waals surface area contributed by atoms with Crippen LogP contribution in [0.25, 0.3) is 16.7 Å². The van der Waals surface area contributed by atoms with Crippen molar-refractivity contribution in [2.75, 3.05) is 0 Å². The maximum absolute atomic E-state index is 11.6. The van der Waals surface area contributed by atoms with E-state index in [9.17, 15) is 9.59 Å². The van der Waals surface area contributed by atoms with Gasteiger partial charge in [-0.3, -0.25) is 4.57 Å². The van der Waals surface area contributed by atoms with Gasteiger partial charge in [0.05, 0.1) is 6.33 Å². The quantitative estimate of drug-likeness (QED) is 0.266. The van der Waals surface area contributed by atoms with Crippen molar-refractivity contribution < 1.29 is 4.79 Å². The Hall–Kier alpha value is -2.47. The molecule has 0 radical (unpaired) electrons. The van der Waals surface area contributed by atoms with Crippen LogP contribution < -0.4 is 11.2 Å². The lowest BCUT2D eigenvalue weighted by molar-refractivity contribution is -0.00132. The monoisotopic (exact) mass is 206 g/mol. The standard InChI is InChI=1S/C7H6N6O2/c1-12-5-4(9-2-10-5)6(14)13(3-11-8)7(12)15/h2-3H,1H3,(H,9,10). The first-order valence-electron chi connectivity index (χ1n) is 3.99. The van der Waals surface area contributed by atoms with Crippen LogP contribution in [0, 0.1) is 0 Å². The summed E-state index contributed by atoms with van der Waals surface area (Å²) in [4.78, 5) is 32.3. The van der Waals surface area contributed by atoms with Crippen molar-refractivity contribution in [2.24, 2.45) is 7.05 Å². The number of imidazole rings is 1. The highest BCUT2D eigenvalue weighted by Crippen LogP contribution is 1.97. The Kier molecular flexibility index (Phi) is 1.84. The van der Waals surface area contributed by atoms with E-state index in [1.54, 1.807) is 0 Å². The van der Waals surface area contributed by atoms with Gasteiger partial charge in [-0.25, -0.2) is 14.6 Å². The van der Waals surface area contributed by atoms with Crippen LogP contribution in [0.15, 0.2) is 15.9 Å². The summed E-state index contributed by atoms with van der Waals surface area (Å²) in [6.07, 6.45) is 2.05. The molecule has 0 spiro atoms. The lowest BCUT2D eigenvalue weighted by Gasteiger charge is -1.95. The average Bonchev–Trinajstić information content (AvgIpc) is 2.70. The highest BCUT2D eigenvalue weighted by Gasteiger charge is 2.16. The van der Waals surface area contributed by atoms with E-state index in [0.717, 1.165) is 6.34 Å². The largest absolute Gasteiger partial charge is 0.498 e. The second kappa shape index (κ2) is 3.03. The Morgan fingerprint density at radius 2 is 2.33 bits per heavy atom. The lowest BCUT2D eigenvalue weighted by Crippen LogP contribution is -2.39. The second-order valence-corrected chi connectivity index (χ2v) is 2.85. The Bertz CT molecular complexity index is 684. The predicted molar refractivity (Wildman–Crippen MR) is 50.7 cm³/mol. The fraction of sp³-hybridized carbons (Fsp3) is 0.143.